The Morgan fingerprint density at radius 3 is 2.60 bits per heavy atom. The number of aliphatic carboxylic acids is 1. The van der Waals surface area contributed by atoms with Gasteiger partial charge in [-0.3, -0.25) is 4.79 Å². The molecule has 0 heterocycles. The van der Waals surface area contributed by atoms with E-state index >= 15 is 0 Å². The van der Waals surface area contributed by atoms with Crippen LogP contribution < -0.4 is 5.32 Å². The van der Waals surface area contributed by atoms with Gasteiger partial charge in [-0.15, -0.1) is 6.42 Å². The molecule has 0 aliphatic heterocycles. The number of hydrogen-bond donors (Lipinski definition) is 4. The van der Waals surface area contributed by atoms with Gasteiger partial charge in [-0.2, -0.15) is 0 Å². The van der Waals surface area contributed by atoms with E-state index in [-0.39, 0.29) is 10.8 Å². The van der Waals surface area contributed by atoms with Crippen LogP contribution in [0.3, 0.4) is 0 Å². The van der Waals surface area contributed by atoms with Crippen LogP contribution in [0.25, 0.3) is 0 Å². The molecule has 0 bridgehead atoms. The summed E-state index contributed by atoms with van der Waals surface area (Å²) in [5, 5.41) is 36.1. The van der Waals surface area contributed by atoms with Gasteiger partial charge in [0.1, 0.15) is 5.60 Å². The molecule has 8 atom stereocenters. The first-order chi connectivity index (χ1) is 16.4. The zero-order valence-electron chi connectivity index (χ0n) is 20.9. The van der Waals surface area contributed by atoms with Crippen molar-refractivity contribution in [3.05, 3.63) is 11.6 Å². The van der Waals surface area contributed by atoms with Crippen molar-refractivity contribution < 1.29 is 29.7 Å². The smallest absolute Gasteiger partial charge is 0.328 e. The predicted octanol–water partition coefficient (Wildman–Crippen LogP) is 2.64. The second-order valence-corrected chi connectivity index (χ2v) is 11.5. The average Bonchev–Trinajstić information content (AvgIpc) is 3.08. The van der Waals surface area contributed by atoms with E-state index in [1.807, 2.05) is 0 Å². The van der Waals surface area contributed by atoms with E-state index in [1.165, 1.54) is 12.5 Å². The number of carboxylic acid groups (broad SMARTS) is 1. The minimum Gasteiger partial charge on any atom is -0.480 e. The van der Waals surface area contributed by atoms with Crippen LogP contribution in [-0.4, -0.2) is 57.3 Å². The molecule has 0 aromatic rings. The third-order valence-corrected chi connectivity index (χ3v) is 9.81. The molecule has 1 amide bonds. The van der Waals surface area contributed by atoms with Crippen LogP contribution in [0.5, 0.6) is 0 Å². The molecule has 0 aromatic carbocycles. The highest BCUT2D eigenvalue weighted by Gasteiger charge is 2.63. The van der Waals surface area contributed by atoms with Crippen LogP contribution in [0.1, 0.15) is 72.1 Å². The van der Waals surface area contributed by atoms with Crippen molar-refractivity contribution >= 4 is 17.6 Å². The standard InChI is InChI=1S/C27H38N2O6/c1-5-27(34)13-10-21-19-7-6-17-14-18(8-11-25(17,3)20(19)9-12-26(21,27)4)29-35-15-22(31)28-23(16(2)30)24(32)33/h1,14,16,19-21,23,30,34H,6-13,15H2,2-4H3,(H,28,31)(H,32,33)/b29-18+/t16-,19+,20+,21+,23+,25-,26-,27+/m0/s1. The van der Waals surface area contributed by atoms with Gasteiger partial charge in [0, 0.05) is 5.41 Å². The number of nitrogens with one attached hydrogen (secondary N) is 1. The molecule has 0 saturated heterocycles. The Bertz CT molecular complexity index is 983. The number of oxime groups is 1. The average molecular weight is 487 g/mol. The van der Waals surface area contributed by atoms with Gasteiger partial charge >= 0.3 is 5.97 Å². The predicted molar refractivity (Wildman–Crippen MR) is 130 cm³/mol. The van der Waals surface area contributed by atoms with E-state index in [1.54, 1.807) is 0 Å². The topological polar surface area (TPSA) is 128 Å². The number of carbonyl (C=O) groups excluding carboxylic acids is 1. The third-order valence-electron chi connectivity index (χ3n) is 9.81. The molecular formula is C27H38N2O6. The van der Waals surface area contributed by atoms with Gasteiger partial charge in [0.25, 0.3) is 5.91 Å². The molecule has 0 aromatic heterocycles. The number of terminal acetylenes is 1. The Kier molecular flexibility index (Phi) is 6.80. The lowest BCUT2D eigenvalue weighted by Gasteiger charge is -2.58. The summed E-state index contributed by atoms with van der Waals surface area (Å²) in [5.74, 6) is 2.36. The van der Waals surface area contributed by atoms with E-state index in [2.05, 4.69) is 36.3 Å². The fourth-order valence-corrected chi connectivity index (χ4v) is 7.67. The lowest BCUT2D eigenvalue weighted by Crippen LogP contribution is -2.54. The highest BCUT2D eigenvalue weighted by molar-refractivity contribution is 5.96. The molecule has 35 heavy (non-hydrogen) atoms. The first-order valence-electron chi connectivity index (χ1n) is 12.8. The van der Waals surface area contributed by atoms with Crippen molar-refractivity contribution in [2.45, 2.75) is 89.9 Å². The summed E-state index contributed by atoms with van der Waals surface area (Å²) in [5.41, 5.74) is 1.06. The van der Waals surface area contributed by atoms with Crippen molar-refractivity contribution in [1.29, 1.82) is 0 Å². The fraction of sp³-hybridized carbons (Fsp3) is 0.741. The molecule has 192 valence electrons. The highest BCUT2D eigenvalue weighted by atomic mass is 16.6. The molecule has 8 nitrogen and oxygen atoms in total. The summed E-state index contributed by atoms with van der Waals surface area (Å²) in [7, 11) is 0. The molecule has 4 aliphatic carbocycles. The molecule has 0 unspecified atom stereocenters. The minimum absolute atomic E-state index is 0.0868. The molecule has 0 radical (unpaired) electrons. The number of amides is 1. The normalized spacial score (nSPS) is 40.9. The number of carboxylic acids is 1. The van der Waals surface area contributed by atoms with Crippen LogP contribution >= 0.6 is 0 Å². The maximum absolute atomic E-state index is 12.0. The van der Waals surface area contributed by atoms with E-state index in [0.717, 1.165) is 50.7 Å². The molecule has 8 heteroatoms. The zero-order valence-corrected chi connectivity index (χ0v) is 20.9. The van der Waals surface area contributed by atoms with Crippen molar-refractivity contribution in [2.24, 2.45) is 33.7 Å². The molecule has 4 aliphatic rings. The van der Waals surface area contributed by atoms with Gasteiger partial charge in [0.2, 0.25) is 0 Å². The van der Waals surface area contributed by atoms with Crippen LogP contribution in [0.4, 0.5) is 0 Å². The molecule has 4 rings (SSSR count). The Hall–Kier alpha value is -2.37. The maximum Gasteiger partial charge on any atom is 0.328 e. The van der Waals surface area contributed by atoms with Crippen LogP contribution in [0.2, 0.25) is 0 Å². The van der Waals surface area contributed by atoms with Crippen molar-refractivity contribution in [2.75, 3.05) is 6.61 Å². The second kappa shape index (κ2) is 9.25. The lowest BCUT2D eigenvalue weighted by molar-refractivity contribution is -0.145. The first-order valence-corrected chi connectivity index (χ1v) is 12.8. The number of rotatable bonds is 6. The summed E-state index contributed by atoms with van der Waals surface area (Å²) in [6.45, 7) is 5.46. The van der Waals surface area contributed by atoms with Crippen LogP contribution in [0, 0.1) is 40.9 Å². The third kappa shape index (κ3) is 4.27. The summed E-state index contributed by atoms with van der Waals surface area (Å²) >= 11 is 0. The van der Waals surface area contributed by atoms with Gasteiger partial charge in [-0.1, -0.05) is 30.5 Å². The van der Waals surface area contributed by atoms with Gasteiger partial charge in [-0.25, -0.2) is 4.79 Å². The van der Waals surface area contributed by atoms with E-state index in [9.17, 15) is 19.8 Å². The van der Waals surface area contributed by atoms with Gasteiger partial charge in [0.05, 0.1) is 11.8 Å². The summed E-state index contributed by atoms with van der Waals surface area (Å²) in [4.78, 5) is 28.3. The largest absolute Gasteiger partial charge is 0.480 e. The van der Waals surface area contributed by atoms with Gasteiger partial charge < -0.3 is 25.5 Å². The first kappa shape index (κ1) is 25.7. The fourth-order valence-electron chi connectivity index (χ4n) is 7.67. The monoisotopic (exact) mass is 486 g/mol. The number of fused-ring (bicyclic) bond motifs is 5. The molecule has 0 spiro atoms. The lowest BCUT2D eigenvalue weighted by atomic mass is 9.46. The second-order valence-electron chi connectivity index (χ2n) is 11.5. The van der Waals surface area contributed by atoms with E-state index in [4.69, 9.17) is 16.4 Å². The van der Waals surface area contributed by atoms with Crippen LogP contribution in [0.15, 0.2) is 16.8 Å². The highest BCUT2D eigenvalue weighted by Crippen LogP contribution is 2.67. The van der Waals surface area contributed by atoms with Gasteiger partial charge in [0.15, 0.2) is 12.6 Å². The number of aliphatic hydroxyl groups excluding tert-OH is 1. The van der Waals surface area contributed by atoms with Gasteiger partial charge in [-0.05, 0) is 87.5 Å². The number of carbonyl (C=O) groups is 2. The molecule has 3 fully saturated rings. The Morgan fingerprint density at radius 1 is 1.23 bits per heavy atom. The molecule has 3 saturated carbocycles. The Labute approximate surface area is 207 Å². The SMILES string of the molecule is C#C[C@@]1(O)CC[C@@H]2[C@@H]3CCC4=C/C(=N/OCC(=O)N[C@@H](C(=O)O)[C@H](C)O)CC[C@]4(C)[C@@H]3CC[C@@]21C. The minimum atomic E-state index is -1.39. The summed E-state index contributed by atoms with van der Waals surface area (Å²) < 4.78 is 0. The summed E-state index contributed by atoms with van der Waals surface area (Å²) in [6.07, 6.45) is 14.1. The molecule has 4 N–H and O–H groups in total. The number of aliphatic hydroxyl groups is 2. The number of nitrogens with zero attached hydrogens (tertiary/aromatic N) is 1. The van der Waals surface area contributed by atoms with E-state index in [0.29, 0.717) is 24.2 Å². The quantitative estimate of drug-likeness (QED) is 0.338. The number of allylic oxidation sites excluding steroid dienone is 2. The van der Waals surface area contributed by atoms with Crippen molar-refractivity contribution in [3.63, 3.8) is 0 Å². The summed E-state index contributed by atoms with van der Waals surface area (Å²) in [6, 6.07) is -1.39. The van der Waals surface area contributed by atoms with Crippen molar-refractivity contribution in [1.82, 2.24) is 5.32 Å². The van der Waals surface area contributed by atoms with Crippen molar-refractivity contribution in [3.8, 4) is 12.3 Å². The molecular weight excluding hydrogens is 448 g/mol. The van der Waals surface area contributed by atoms with E-state index < -0.39 is 36.2 Å². The maximum atomic E-state index is 12.0. The number of hydrogen-bond acceptors (Lipinski definition) is 6. The van der Waals surface area contributed by atoms with Crippen LogP contribution in [-0.2, 0) is 14.4 Å². The Morgan fingerprint density at radius 2 is 1.94 bits per heavy atom. The Balaban J connectivity index is 1.41. The zero-order chi connectivity index (χ0) is 25.6.